The van der Waals surface area contributed by atoms with E-state index in [1.165, 1.54) is 19.3 Å². The van der Waals surface area contributed by atoms with Gasteiger partial charge < -0.3 is 15.7 Å². The van der Waals surface area contributed by atoms with Gasteiger partial charge in [-0.15, -0.1) is 0 Å². The Balaban J connectivity index is 1.93. The maximum absolute atomic E-state index is 11.4. The molecular formula is C11H20N2O2. The van der Waals surface area contributed by atoms with E-state index in [-0.39, 0.29) is 24.0 Å². The lowest BCUT2D eigenvalue weighted by Gasteiger charge is -2.45. The molecule has 0 bridgehead atoms. The molecule has 1 saturated carbocycles. The summed E-state index contributed by atoms with van der Waals surface area (Å²) in [5, 5.41) is 9.49. The minimum absolute atomic E-state index is 0.0337. The Bertz CT molecular complexity index is 249. The number of hydrogen-bond donors (Lipinski definition) is 2. The average Bonchev–Trinajstić information content (AvgIpc) is 2.29. The average molecular weight is 212 g/mol. The predicted octanol–water partition coefficient (Wildman–Crippen LogP) is 0.0987. The molecule has 1 heterocycles. The van der Waals surface area contributed by atoms with Gasteiger partial charge in [-0.05, 0) is 12.8 Å². The fourth-order valence-electron chi connectivity index (χ4n) is 2.74. The predicted molar refractivity (Wildman–Crippen MR) is 57.2 cm³/mol. The van der Waals surface area contributed by atoms with Crippen LogP contribution in [0.2, 0.25) is 0 Å². The van der Waals surface area contributed by atoms with Gasteiger partial charge in [-0.2, -0.15) is 0 Å². The fraction of sp³-hybridized carbons (Fsp3) is 0.909. The van der Waals surface area contributed by atoms with E-state index in [1.807, 2.05) is 0 Å². The summed E-state index contributed by atoms with van der Waals surface area (Å²) in [6, 6.07) is -0.288. The lowest BCUT2D eigenvalue weighted by Crippen LogP contribution is -2.63. The Labute approximate surface area is 90.4 Å². The third-order valence-electron chi connectivity index (χ3n) is 3.82. The maximum Gasteiger partial charge on any atom is 0.241 e. The number of nitrogens with zero attached hydrogens (tertiary/aromatic N) is 1. The Morgan fingerprint density at radius 3 is 2.53 bits per heavy atom. The monoisotopic (exact) mass is 212 g/mol. The van der Waals surface area contributed by atoms with Gasteiger partial charge >= 0.3 is 0 Å². The van der Waals surface area contributed by atoms with Crippen LogP contribution in [0.3, 0.4) is 0 Å². The van der Waals surface area contributed by atoms with Gasteiger partial charge in [-0.25, -0.2) is 0 Å². The van der Waals surface area contributed by atoms with Crippen molar-refractivity contribution in [2.45, 2.75) is 38.1 Å². The number of amides is 1. The van der Waals surface area contributed by atoms with Gasteiger partial charge in [0.25, 0.3) is 0 Å². The third-order valence-corrected chi connectivity index (χ3v) is 3.82. The summed E-state index contributed by atoms with van der Waals surface area (Å²) >= 11 is 0. The first-order valence-electron chi connectivity index (χ1n) is 5.82. The molecular weight excluding hydrogens is 192 g/mol. The van der Waals surface area contributed by atoms with Crippen molar-refractivity contribution in [1.29, 1.82) is 0 Å². The van der Waals surface area contributed by atoms with E-state index in [9.17, 15) is 9.90 Å². The topological polar surface area (TPSA) is 66.6 Å². The highest BCUT2D eigenvalue weighted by Crippen LogP contribution is 2.37. The van der Waals surface area contributed by atoms with Crippen LogP contribution >= 0.6 is 0 Å². The highest BCUT2D eigenvalue weighted by molar-refractivity contribution is 5.87. The zero-order chi connectivity index (χ0) is 10.9. The lowest BCUT2D eigenvalue weighted by molar-refractivity contribution is -0.145. The van der Waals surface area contributed by atoms with Crippen LogP contribution in [-0.4, -0.2) is 41.7 Å². The maximum atomic E-state index is 11.4. The lowest BCUT2D eigenvalue weighted by atomic mass is 9.74. The van der Waals surface area contributed by atoms with Crippen LogP contribution in [-0.2, 0) is 4.79 Å². The summed E-state index contributed by atoms with van der Waals surface area (Å²) in [5.41, 5.74) is 5.51. The number of carbonyl (C=O) groups is 1. The van der Waals surface area contributed by atoms with E-state index in [0.717, 1.165) is 12.8 Å². The van der Waals surface area contributed by atoms with Crippen LogP contribution < -0.4 is 5.73 Å². The molecule has 1 saturated heterocycles. The molecule has 0 aromatic heterocycles. The van der Waals surface area contributed by atoms with Crippen LogP contribution in [0.25, 0.3) is 0 Å². The van der Waals surface area contributed by atoms with Crippen molar-refractivity contribution in [1.82, 2.24) is 4.90 Å². The van der Waals surface area contributed by atoms with Crippen molar-refractivity contribution < 1.29 is 9.90 Å². The second kappa shape index (κ2) is 4.10. The normalized spacial score (nSPS) is 30.1. The minimum atomic E-state index is -0.288. The summed E-state index contributed by atoms with van der Waals surface area (Å²) < 4.78 is 0. The molecule has 0 aromatic rings. The third kappa shape index (κ3) is 2.01. The Hall–Kier alpha value is -0.610. The highest BCUT2D eigenvalue weighted by atomic mass is 16.3. The van der Waals surface area contributed by atoms with Crippen molar-refractivity contribution in [3.8, 4) is 0 Å². The Kier molecular flexibility index (Phi) is 2.98. The Morgan fingerprint density at radius 1 is 1.40 bits per heavy atom. The first-order valence-corrected chi connectivity index (χ1v) is 5.82. The molecule has 1 atom stereocenters. The van der Waals surface area contributed by atoms with Gasteiger partial charge in [0.2, 0.25) is 5.91 Å². The largest absolute Gasteiger partial charge is 0.396 e. The zero-order valence-corrected chi connectivity index (χ0v) is 9.11. The van der Waals surface area contributed by atoms with Crippen LogP contribution in [0.4, 0.5) is 0 Å². The molecule has 3 N–H and O–H groups in total. The molecule has 1 unspecified atom stereocenters. The standard InChI is InChI=1S/C11H20N2O2/c12-9-6-13(10(9)15)7-11(8-14)4-2-1-3-5-11/h9,14H,1-8,12H2. The molecule has 2 aliphatic rings. The van der Waals surface area contributed by atoms with Crippen LogP contribution in [0, 0.1) is 5.41 Å². The van der Waals surface area contributed by atoms with Crippen LogP contribution in [0.5, 0.6) is 0 Å². The fourth-order valence-corrected chi connectivity index (χ4v) is 2.74. The quantitative estimate of drug-likeness (QED) is 0.652. The van der Waals surface area contributed by atoms with Gasteiger partial charge in [0.05, 0.1) is 6.61 Å². The summed E-state index contributed by atoms with van der Waals surface area (Å²) in [7, 11) is 0. The minimum Gasteiger partial charge on any atom is -0.396 e. The summed E-state index contributed by atoms with van der Waals surface area (Å²) in [6.45, 7) is 1.57. The number of hydrogen-bond acceptors (Lipinski definition) is 3. The molecule has 1 aliphatic carbocycles. The number of aliphatic hydroxyl groups is 1. The van der Waals surface area contributed by atoms with Gasteiger partial charge in [0, 0.05) is 18.5 Å². The van der Waals surface area contributed by atoms with E-state index in [1.54, 1.807) is 4.90 Å². The molecule has 0 radical (unpaired) electrons. The molecule has 4 heteroatoms. The molecule has 15 heavy (non-hydrogen) atoms. The van der Waals surface area contributed by atoms with Crippen molar-refractivity contribution in [2.24, 2.45) is 11.1 Å². The first-order chi connectivity index (χ1) is 7.17. The Morgan fingerprint density at radius 2 is 2.07 bits per heavy atom. The zero-order valence-electron chi connectivity index (χ0n) is 9.11. The molecule has 1 aliphatic heterocycles. The smallest absolute Gasteiger partial charge is 0.241 e. The second-order valence-electron chi connectivity index (χ2n) is 5.04. The van der Waals surface area contributed by atoms with Gasteiger partial charge in [-0.3, -0.25) is 4.79 Å². The van der Waals surface area contributed by atoms with Crippen molar-refractivity contribution in [3.63, 3.8) is 0 Å². The highest BCUT2D eigenvalue weighted by Gasteiger charge is 2.40. The second-order valence-corrected chi connectivity index (χ2v) is 5.04. The number of aliphatic hydroxyl groups excluding tert-OH is 1. The van der Waals surface area contributed by atoms with Crippen LogP contribution in [0.15, 0.2) is 0 Å². The van der Waals surface area contributed by atoms with E-state index in [4.69, 9.17) is 5.73 Å². The van der Waals surface area contributed by atoms with Crippen LogP contribution in [0.1, 0.15) is 32.1 Å². The number of likely N-dealkylation sites (tertiary alicyclic amines) is 1. The van der Waals surface area contributed by atoms with Crippen molar-refractivity contribution in [3.05, 3.63) is 0 Å². The summed E-state index contributed by atoms with van der Waals surface area (Å²) in [6.07, 6.45) is 5.70. The van der Waals surface area contributed by atoms with E-state index in [0.29, 0.717) is 13.1 Å². The van der Waals surface area contributed by atoms with Gasteiger partial charge in [0.15, 0.2) is 0 Å². The summed E-state index contributed by atoms with van der Waals surface area (Å²) in [4.78, 5) is 13.2. The van der Waals surface area contributed by atoms with E-state index >= 15 is 0 Å². The molecule has 0 aromatic carbocycles. The SMILES string of the molecule is NC1CN(CC2(CO)CCCCC2)C1=O. The molecule has 0 spiro atoms. The summed E-state index contributed by atoms with van der Waals surface area (Å²) in [5.74, 6) is 0.0494. The van der Waals surface area contributed by atoms with E-state index < -0.39 is 0 Å². The molecule has 2 rings (SSSR count). The number of β-lactam (4-membered cyclic amide) rings is 1. The molecule has 86 valence electrons. The van der Waals surface area contributed by atoms with Crippen molar-refractivity contribution in [2.75, 3.05) is 19.7 Å². The van der Waals surface area contributed by atoms with Gasteiger partial charge in [0.1, 0.15) is 6.04 Å². The molecule has 1 amide bonds. The number of nitrogens with two attached hydrogens (primary N) is 1. The van der Waals surface area contributed by atoms with Gasteiger partial charge in [-0.1, -0.05) is 19.3 Å². The molecule has 2 fully saturated rings. The first kappa shape index (κ1) is 10.9. The number of rotatable bonds is 3. The van der Waals surface area contributed by atoms with Crippen molar-refractivity contribution >= 4 is 5.91 Å². The van der Waals surface area contributed by atoms with E-state index in [2.05, 4.69) is 0 Å². The molecule has 4 nitrogen and oxygen atoms in total. The number of carbonyl (C=O) groups excluding carboxylic acids is 1.